The second-order valence-corrected chi connectivity index (χ2v) is 2.45. The summed E-state index contributed by atoms with van der Waals surface area (Å²) in [4.78, 5) is 0. The van der Waals surface area contributed by atoms with Crippen molar-refractivity contribution >= 4 is 0 Å². The number of rotatable bonds is 0. The summed E-state index contributed by atoms with van der Waals surface area (Å²) in [6.45, 7) is 0. The van der Waals surface area contributed by atoms with Crippen LogP contribution in [-0.2, 0) is 0 Å². The van der Waals surface area contributed by atoms with E-state index < -0.39 is 0 Å². The number of fused-ring (bicyclic) bond motifs is 1. The zero-order valence-electron chi connectivity index (χ0n) is 6.12. The van der Waals surface area contributed by atoms with Gasteiger partial charge in [-0.2, -0.15) is 0 Å². The first-order valence-electron chi connectivity index (χ1n) is 3.65. The van der Waals surface area contributed by atoms with Crippen molar-refractivity contribution in [1.82, 2.24) is 5.32 Å². The first-order chi connectivity index (χ1) is 5.47. The molecule has 1 aliphatic carbocycles. The molecule has 11 heavy (non-hydrogen) atoms. The largest absolute Gasteiger partial charge is 0.361 e. The van der Waals surface area contributed by atoms with Gasteiger partial charge in [0.15, 0.2) is 0 Å². The Labute approximate surface area is 66.1 Å². The summed E-state index contributed by atoms with van der Waals surface area (Å²) in [6.07, 6.45) is 16.2. The molecule has 0 aromatic heterocycles. The van der Waals surface area contributed by atoms with Crippen LogP contribution < -0.4 is 5.32 Å². The molecule has 0 saturated carbocycles. The summed E-state index contributed by atoms with van der Waals surface area (Å²) in [7, 11) is 0. The van der Waals surface area contributed by atoms with Gasteiger partial charge < -0.3 is 5.32 Å². The number of hydrogen-bond donors (Lipinski definition) is 1. The van der Waals surface area contributed by atoms with Gasteiger partial charge in [0, 0.05) is 11.9 Å². The molecule has 1 nitrogen and oxygen atoms in total. The normalized spacial score (nSPS) is 19.6. The van der Waals surface area contributed by atoms with Gasteiger partial charge in [0.1, 0.15) is 0 Å². The highest BCUT2D eigenvalue weighted by Crippen LogP contribution is 2.16. The van der Waals surface area contributed by atoms with Crippen molar-refractivity contribution in [2.24, 2.45) is 0 Å². The van der Waals surface area contributed by atoms with E-state index in [2.05, 4.69) is 23.5 Å². The van der Waals surface area contributed by atoms with Crippen LogP contribution >= 0.6 is 0 Å². The maximum absolute atomic E-state index is 3.18. The Morgan fingerprint density at radius 2 is 1.91 bits per heavy atom. The minimum Gasteiger partial charge on any atom is -0.361 e. The summed E-state index contributed by atoms with van der Waals surface area (Å²) in [6, 6.07) is 0. The minimum atomic E-state index is 1.17. The topological polar surface area (TPSA) is 12.0 Å². The Kier molecular flexibility index (Phi) is 1.48. The van der Waals surface area contributed by atoms with E-state index in [0.29, 0.717) is 0 Å². The molecule has 0 fully saturated rings. The Morgan fingerprint density at radius 1 is 0.909 bits per heavy atom. The van der Waals surface area contributed by atoms with E-state index in [-0.39, 0.29) is 0 Å². The van der Waals surface area contributed by atoms with E-state index in [4.69, 9.17) is 0 Å². The lowest BCUT2D eigenvalue weighted by atomic mass is 10.2. The van der Waals surface area contributed by atoms with Gasteiger partial charge in [-0.1, -0.05) is 30.4 Å². The van der Waals surface area contributed by atoms with E-state index in [1.165, 1.54) is 11.3 Å². The van der Waals surface area contributed by atoms with Crippen LogP contribution in [0.5, 0.6) is 0 Å². The Bertz CT molecular complexity index is 301. The van der Waals surface area contributed by atoms with Crippen molar-refractivity contribution < 1.29 is 0 Å². The van der Waals surface area contributed by atoms with Gasteiger partial charge in [-0.3, -0.25) is 0 Å². The lowest BCUT2D eigenvalue weighted by Gasteiger charge is -2.04. The van der Waals surface area contributed by atoms with Crippen LogP contribution in [0.3, 0.4) is 0 Å². The zero-order chi connectivity index (χ0) is 7.52. The highest BCUT2D eigenvalue weighted by molar-refractivity contribution is 5.50. The summed E-state index contributed by atoms with van der Waals surface area (Å²) in [5.74, 6) is 0. The van der Waals surface area contributed by atoms with Gasteiger partial charge in [-0.15, -0.1) is 0 Å². The van der Waals surface area contributed by atoms with Crippen LogP contribution in [0.1, 0.15) is 0 Å². The second-order valence-electron chi connectivity index (χ2n) is 2.45. The quantitative estimate of drug-likeness (QED) is 0.547. The van der Waals surface area contributed by atoms with Crippen LogP contribution in [0.2, 0.25) is 0 Å². The number of nitrogens with one attached hydrogen (secondary N) is 1. The molecule has 54 valence electrons. The Morgan fingerprint density at radius 3 is 2.91 bits per heavy atom. The maximum Gasteiger partial charge on any atom is 0.0453 e. The molecule has 0 spiro atoms. The molecule has 2 rings (SSSR count). The lowest BCUT2D eigenvalue weighted by Crippen LogP contribution is -2.04. The van der Waals surface area contributed by atoms with Gasteiger partial charge in [-0.25, -0.2) is 0 Å². The third-order valence-electron chi connectivity index (χ3n) is 1.68. The van der Waals surface area contributed by atoms with Crippen molar-refractivity contribution in [1.29, 1.82) is 0 Å². The summed E-state index contributed by atoms with van der Waals surface area (Å²) >= 11 is 0. The van der Waals surface area contributed by atoms with E-state index in [0.717, 1.165) is 0 Å². The molecule has 0 amide bonds. The lowest BCUT2D eigenvalue weighted by molar-refractivity contribution is 1.09. The Hall–Kier alpha value is -1.50. The van der Waals surface area contributed by atoms with Gasteiger partial charge in [0.05, 0.1) is 0 Å². The first kappa shape index (κ1) is 6.23. The fourth-order valence-corrected chi connectivity index (χ4v) is 1.13. The SMILES string of the molecule is C1=CC=C2C=CC=C2NC=C1. The molecule has 1 heteroatoms. The average molecular weight is 143 g/mol. The van der Waals surface area contributed by atoms with Crippen molar-refractivity contribution in [2.75, 3.05) is 0 Å². The molecule has 0 radical (unpaired) electrons. The number of allylic oxidation sites excluding steroid dienone is 7. The van der Waals surface area contributed by atoms with Crippen LogP contribution in [0, 0.1) is 0 Å². The van der Waals surface area contributed by atoms with E-state index in [9.17, 15) is 0 Å². The van der Waals surface area contributed by atoms with Crippen molar-refractivity contribution in [3.05, 3.63) is 60.0 Å². The molecule has 0 bridgehead atoms. The predicted molar refractivity (Wildman–Crippen MR) is 46.7 cm³/mol. The molecular weight excluding hydrogens is 134 g/mol. The molecule has 0 atom stereocenters. The Balaban J connectivity index is 2.38. The zero-order valence-corrected chi connectivity index (χ0v) is 6.12. The third-order valence-corrected chi connectivity index (χ3v) is 1.68. The van der Waals surface area contributed by atoms with Crippen molar-refractivity contribution in [2.45, 2.75) is 0 Å². The van der Waals surface area contributed by atoms with E-state index >= 15 is 0 Å². The van der Waals surface area contributed by atoms with Crippen LogP contribution in [-0.4, -0.2) is 0 Å². The van der Waals surface area contributed by atoms with E-state index in [1.54, 1.807) is 0 Å². The molecule has 2 aliphatic rings. The van der Waals surface area contributed by atoms with Gasteiger partial charge >= 0.3 is 0 Å². The summed E-state index contributed by atoms with van der Waals surface area (Å²) in [5, 5.41) is 3.18. The fourth-order valence-electron chi connectivity index (χ4n) is 1.13. The molecule has 0 unspecified atom stereocenters. The van der Waals surface area contributed by atoms with Crippen LogP contribution in [0.15, 0.2) is 60.0 Å². The standard InChI is InChI=1S/C10H9N/c1-2-5-9-6-4-7-10(9)11-8-3-1/h1-8,11H. The summed E-state index contributed by atoms with van der Waals surface area (Å²) < 4.78 is 0. The van der Waals surface area contributed by atoms with Crippen molar-refractivity contribution in [3.8, 4) is 0 Å². The second kappa shape index (κ2) is 2.62. The smallest absolute Gasteiger partial charge is 0.0453 e. The maximum atomic E-state index is 3.18. The van der Waals surface area contributed by atoms with Crippen LogP contribution in [0.25, 0.3) is 0 Å². The summed E-state index contributed by atoms with van der Waals surface area (Å²) in [5.41, 5.74) is 2.41. The molecule has 1 N–H and O–H groups in total. The first-order valence-corrected chi connectivity index (χ1v) is 3.65. The molecule has 0 aromatic rings. The molecule has 0 aromatic carbocycles. The predicted octanol–water partition coefficient (Wildman–Crippen LogP) is 2.04. The van der Waals surface area contributed by atoms with Gasteiger partial charge in [0.25, 0.3) is 0 Å². The monoisotopic (exact) mass is 143 g/mol. The number of hydrogen-bond acceptors (Lipinski definition) is 1. The third kappa shape index (κ3) is 1.17. The highest BCUT2D eigenvalue weighted by Gasteiger charge is 2.02. The van der Waals surface area contributed by atoms with Gasteiger partial charge in [0.2, 0.25) is 0 Å². The molecular formula is C10H9N. The average Bonchev–Trinajstić information content (AvgIpc) is 2.35. The van der Waals surface area contributed by atoms with E-state index in [1.807, 2.05) is 30.5 Å². The molecule has 1 aliphatic heterocycles. The van der Waals surface area contributed by atoms with Gasteiger partial charge in [-0.05, 0) is 17.7 Å². The fraction of sp³-hybridized carbons (Fsp3) is 0. The minimum absolute atomic E-state index is 1.17. The molecule has 1 heterocycles. The highest BCUT2D eigenvalue weighted by atomic mass is 14.9. The van der Waals surface area contributed by atoms with Crippen molar-refractivity contribution in [3.63, 3.8) is 0 Å². The van der Waals surface area contributed by atoms with Crippen LogP contribution in [0.4, 0.5) is 0 Å². The molecule has 0 saturated heterocycles.